The van der Waals surface area contributed by atoms with Gasteiger partial charge in [0.2, 0.25) is 10.0 Å². The zero-order valence-electron chi connectivity index (χ0n) is 20.6. The molecular weight excluding hydrogens is 500 g/mol. The number of anilines is 2. The minimum atomic E-state index is -3.62. The van der Waals surface area contributed by atoms with Gasteiger partial charge < -0.3 is 15.0 Å². The number of sulfonamides is 1. The summed E-state index contributed by atoms with van der Waals surface area (Å²) in [5.74, 6) is -0.193. The first-order chi connectivity index (χ1) is 17.0. The Morgan fingerprint density at radius 2 is 1.75 bits per heavy atom. The number of nitrogens with zero attached hydrogens (tertiary/aromatic N) is 2. The van der Waals surface area contributed by atoms with Crippen LogP contribution in [0.4, 0.5) is 11.4 Å². The predicted molar refractivity (Wildman–Crippen MR) is 144 cm³/mol. The number of halogens is 1. The zero-order chi connectivity index (χ0) is 26.2. The fourth-order valence-electron chi connectivity index (χ4n) is 3.44. The smallest absolute Gasteiger partial charge is 0.258 e. The van der Waals surface area contributed by atoms with E-state index in [-0.39, 0.29) is 18.2 Å². The van der Waals surface area contributed by atoms with Gasteiger partial charge in [-0.25, -0.2) is 13.1 Å². The van der Waals surface area contributed by atoms with Crippen LogP contribution in [0.3, 0.4) is 0 Å². The average molecular weight is 531 g/mol. The van der Waals surface area contributed by atoms with Crippen LogP contribution in [0.25, 0.3) is 0 Å². The van der Waals surface area contributed by atoms with Gasteiger partial charge in [-0.05, 0) is 63.2 Å². The lowest BCUT2D eigenvalue weighted by molar-refractivity contribution is 0.0988. The Bertz CT molecular complexity index is 1250. The Kier molecular flexibility index (Phi) is 9.31. The molecule has 0 atom stereocenters. The van der Waals surface area contributed by atoms with Crippen LogP contribution in [0.2, 0.25) is 5.02 Å². The Balaban J connectivity index is 1.74. The molecule has 3 rings (SSSR count). The van der Waals surface area contributed by atoms with Crippen molar-refractivity contribution in [1.29, 1.82) is 0 Å². The van der Waals surface area contributed by atoms with E-state index in [1.54, 1.807) is 75.6 Å². The number of benzene rings is 2. The lowest BCUT2D eigenvalue weighted by Gasteiger charge is -2.25. The van der Waals surface area contributed by atoms with E-state index < -0.39 is 15.6 Å². The second-order valence-electron chi connectivity index (χ2n) is 9.15. The van der Waals surface area contributed by atoms with Crippen LogP contribution in [-0.2, 0) is 10.0 Å². The zero-order valence-corrected chi connectivity index (χ0v) is 22.1. The van der Waals surface area contributed by atoms with Gasteiger partial charge >= 0.3 is 0 Å². The van der Waals surface area contributed by atoms with E-state index in [4.69, 9.17) is 16.3 Å². The summed E-state index contributed by atoms with van der Waals surface area (Å²) in [6.45, 7) is 6.15. The summed E-state index contributed by atoms with van der Waals surface area (Å²) >= 11 is 6.30. The van der Waals surface area contributed by atoms with Crippen LogP contribution in [-0.4, -0.2) is 50.3 Å². The van der Waals surface area contributed by atoms with E-state index in [0.717, 1.165) is 5.69 Å². The lowest BCUT2D eigenvalue weighted by atomic mass is 10.1. The van der Waals surface area contributed by atoms with E-state index in [1.165, 1.54) is 4.90 Å². The molecule has 10 heteroatoms. The maximum Gasteiger partial charge on any atom is 0.258 e. The van der Waals surface area contributed by atoms with Gasteiger partial charge in [-0.3, -0.25) is 9.78 Å². The molecule has 0 aliphatic carbocycles. The quantitative estimate of drug-likeness (QED) is 0.352. The number of carbonyl (C=O) groups excluding carboxylic acids is 1. The summed E-state index contributed by atoms with van der Waals surface area (Å²) in [7, 11) is -3.62. The number of nitrogens with one attached hydrogen (secondary N) is 2. The highest BCUT2D eigenvalue weighted by atomic mass is 35.5. The molecule has 1 heterocycles. The molecule has 0 saturated carbocycles. The maximum atomic E-state index is 13.5. The number of rotatable bonds is 11. The van der Waals surface area contributed by atoms with Gasteiger partial charge in [0.15, 0.2) is 0 Å². The largest absolute Gasteiger partial charge is 0.492 e. The highest BCUT2D eigenvalue weighted by Gasteiger charge is 2.24. The fraction of sp³-hybridized carbons (Fsp3) is 0.308. The third kappa shape index (κ3) is 8.82. The molecule has 192 valence electrons. The first kappa shape index (κ1) is 27.4. The Morgan fingerprint density at radius 1 is 1.06 bits per heavy atom. The number of ether oxygens (including phenoxy) is 1. The first-order valence-corrected chi connectivity index (χ1v) is 13.5. The normalized spacial score (nSPS) is 11.7. The molecule has 1 aromatic heterocycles. The third-order valence-electron chi connectivity index (χ3n) is 4.86. The standard InChI is InChI=1S/C26H31ClN4O4S/c1-26(2,3)30-36(33,34)16-14-31(23-7-5-4-6-8-23)25(32)20-17-21(27)19-24(18-20)35-15-13-29-22-9-11-28-12-10-22/h4-12,17-19,30H,13-16H2,1-3H3,(H,28,29). The summed E-state index contributed by atoms with van der Waals surface area (Å²) in [4.78, 5) is 19.0. The fourth-order valence-corrected chi connectivity index (χ4v) is 5.13. The van der Waals surface area contributed by atoms with Crippen LogP contribution in [0.5, 0.6) is 5.75 Å². The number of hydrogen-bond donors (Lipinski definition) is 2. The molecule has 3 aromatic rings. The minimum absolute atomic E-state index is 0.0349. The van der Waals surface area contributed by atoms with Gasteiger partial charge in [-0.2, -0.15) is 0 Å². The average Bonchev–Trinajstić information content (AvgIpc) is 2.81. The van der Waals surface area contributed by atoms with Gasteiger partial charge in [0.25, 0.3) is 5.91 Å². The van der Waals surface area contributed by atoms with Crippen LogP contribution in [0, 0.1) is 0 Å². The van der Waals surface area contributed by atoms with Crippen molar-refractivity contribution in [3.05, 3.63) is 83.6 Å². The highest BCUT2D eigenvalue weighted by Crippen LogP contribution is 2.24. The van der Waals surface area contributed by atoms with Crippen molar-refractivity contribution in [2.24, 2.45) is 0 Å². The van der Waals surface area contributed by atoms with Crippen LogP contribution >= 0.6 is 11.6 Å². The van der Waals surface area contributed by atoms with Crippen molar-refractivity contribution >= 4 is 38.9 Å². The van der Waals surface area contributed by atoms with Crippen molar-refractivity contribution in [3.63, 3.8) is 0 Å². The molecule has 2 aromatic carbocycles. The molecule has 0 spiro atoms. The summed E-state index contributed by atoms with van der Waals surface area (Å²) in [5, 5.41) is 3.56. The molecule has 0 bridgehead atoms. The number of aromatic nitrogens is 1. The SMILES string of the molecule is CC(C)(C)NS(=O)(=O)CCN(C(=O)c1cc(Cl)cc(OCCNc2ccncc2)c1)c1ccccc1. The molecule has 8 nitrogen and oxygen atoms in total. The number of pyridine rings is 1. The molecule has 0 aliphatic rings. The molecule has 2 N–H and O–H groups in total. The van der Waals surface area contributed by atoms with Crippen molar-refractivity contribution in [1.82, 2.24) is 9.71 Å². The maximum absolute atomic E-state index is 13.5. The van der Waals surface area contributed by atoms with Crippen LogP contribution in [0.1, 0.15) is 31.1 Å². The Morgan fingerprint density at radius 3 is 2.42 bits per heavy atom. The van der Waals surface area contributed by atoms with E-state index in [1.807, 2.05) is 18.2 Å². The number of amides is 1. The number of para-hydroxylation sites is 1. The molecule has 1 amide bonds. The molecule has 0 unspecified atom stereocenters. The van der Waals surface area contributed by atoms with E-state index in [2.05, 4.69) is 15.0 Å². The van der Waals surface area contributed by atoms with Gasteiger partial charge in [0.05, 0.1) is 5.75 Å². The second kappa shape index (κ2) is 12.2. The van der Waals surface area contributed by atoms with Crippen molar-refractivity contribution in [2.45, 2.75) is 26.3 Å². The third-order valence-corrected chi connectivity index (χ3v) is 6.72. The van der Waals surface area contributed by atoms with Gasteiger partial charge in [-0.1, -0.05) is 29.8 Å². The van der Waals surface area contributed by atoms with Crippen LogP contribution in [0.15, 0.2) is 73.1 Å². The first-order valence-electron chi connectivity index (χ1n) is 11.5. The molecular formula is C26H31ClN4O4S. The molecule has 0 saturated heterocycles. The molecule has 0 fully saturated rings. The Hall–Kier alpha value is -3.14. The predicted octanol–water partition coefficient (Wildman–Crippen LogP) is 4.59. The van der Waals surface area contributed by atoms with E-state index in [0.29, 0.717) is 35.2 Å². The Labute approximate surface area is 217 Å². The van der Waals surface area contributed by atoms with Gasteiger partial charge in [0, 0.05) is 53.0 Å². The van der Waals surface area contributed by atoms with Crippen molar-refractivity contribution < 1.29 is 17.9 Å². The summed E-state index contributed by atoms with van der Waals surface area (Å²) in [6, 6.07) is 17.4. The van der Waals surface area contributed by atoms with Gasteiger partial charge in [-0.15, -0.1) is 0 Å². The highest BCUT2D eigenvalue weighted by molar-refractivity contribution is 7.89. The van der Waals surface area contributed by atoms with Crippen molar-refractivity contribution in [3.8, 4) is 5.75 Å². The van der Waals surface area contributed by atoms with E-state index in [9.17, 15) is 13.2 Å². The molecule has 0 aliphatic heterocycles. The number of hydrogen-bond acceptors (Lipinski definition) is 6. The monoisotopic (exact) mass is 530 g/mol. The summed E-state index contributed by atoms with van der Waals surface area (Å²) < 4.78 is 33.6. The summed E-state index contributed by atoms with van der Waals surface area (Å²) in [5.41, 5.74) is 1.18. The van der Waals surface area contributed by atoms with Crippen molar-refractivity contribution in [2.75, 3.05) is 35.7 Å². The van der Waals surface area contributed by atoms with Crippen LogP contribution < -0.4 is 19.7 Å². The lowest BCUT2D eigenvalue weighted by Crippen LogP contribution is -2.44. The van der Waals surface area contributed by atoms with Gasteiger partial charge in [0.1, 0.15) is 12.4 Å². The molecule has 0 radical (unpaired) electrons. The van der Waals surface area contributed by atoms with E-state index >= 15 is 0 Å². The molecule has 36 heavy (non-hydrogen) atoms. The second-order valence-corrected chi connectivity index (χ2v) is 11.4. The summed E-state index contributed by atoms with van der Waals surface area (Å²) in [6.07, 6.45) is 3.39. The minimum Gasteiger partial charge on any atom is -0.492 e. The number of carbonyl (C=O) groups is 1. The topological polar surface area (TPSA) is 101 Å².